The topological polar surface area (TPSA) is 73.8 Å². The van der Waals surface area contributed by atoms with Crippen molar-refractivity contribution in [3.05, 3.63) is 12.2 Å². The minimum Gasteiger partial charge on any atom is -0.359 e. The van der Waals surface area contributed by atoms with Gasteiger partial charge in [-0.3, -0.25) is 19.5 Å². The molecule has 4 unspecified atom stereocenters. The average Bonchev–Trinajstić information content (AvgIpc) is 3.12. The first-order valence-electron chi connectivity index (χ1n) is 7.09. The van der Waals surface area contributed by atoms with Crippen LogP contribution in [0.4, 0.5) is 0 Å². The van der Waals surface area contributed by atoms with Gasteiger partial charge in [0.1, 0.15) is 0 Å². The summed E-state index contributed by atoms with van der Waals surface area (Å²) in [6.07, 6.45) is 5.20. The maximum absolute atomic E-state index is 12.4. The number of likely N-dealkylation sites (tertiary alicyclic amines) is 1. The fraction of sp³-hybridized carbons (Fsp3) is 0.643. The molecule has 0 aromatic carbocycles. The zero-order valence-electron chi connectivity index (χ0n) is 11.8. The van der Waals surface area contributed by atoms with E-state index in [0.717, 1.165) is 6.42 Å². The van der Waals surface area contributed by atoms with Crippen molar-refractivity contribution < 1.29 is 9.59 Å². The number of nitrogens with zero attached hydrogens (tertiary/aromatic N) is 2. The van der Waals surface area contributed by atoms with Gasteiger partial charge in [-0.1, -0.05) is 12.2 Å². The molecule has 2 fully saturated rings. The van der Waals surface area contributed by atoms with Crippen molar-refractivity contribution >= 4 is 17.8 Å². The van der Waals surface area contributed by atoms with Crippen LogP contribution in [0.3, 0.4) is 0 Å². The van der Waals surface area contributed by atoms with Crippen LogP contribution in [0.2, 0.25) is 0 Å². The molecule has 6 nitrogen and oxygen atoms in total. The number of imide groups is 1. The molecule has 2 bridgehead atoms. The summed E-state index contributed by atoms with van der Waals surface area (Å²) < 4.78 is 0. The summed E-state index contributed by atoms with van der Waals surface area (Å²) in [5, 5.41) is 5.97. The maximum Gasteiger partial charge on any atom is 0.233 e. The van der Waals surface area contributed by atoms with Gasteiger partial charge in [0.25, 0.3) is 0 Å². The lowest BCUT2D eigenvalue weighted by Gasteiger charge is -2.18. The van der Waals surface area contributed by atoms with Gasteiger partial charge >= 0.3 is 0 Å². The monoisotopic (exact) mass is 276 g/mol. The quantitative estimate of drug-likeness (QED) is 0.318. The van der Waals surface area contributed by atoms with Gasteiger partial charge in [-0.25, -0.2) is 0 Å². The first-order chi connectivity index (χ1) is 9.67. The van der Waals surface area contributed by atoms with Gasteiger partial charge in [0, 0.05) is 27.2 Å². The number of aliphatic imine (C=N–C) groups is 1. The number of hydrogen-bond acceptors (Lipinski definition) is 3. The Hall–Kier alpha value is -1.85. The molecule has 0 spiro atoms. The van der Waals surface area contributed by atoms with E-state index in [4.69, 9.17) is 0 Å². The van der Waals surface area contributed by atoms with Gasteiger partial charge < -0.3 is 10.6 Å². The van der Waals surface area contributed by atoms with E-state index in [1.54, 1.807) is 14.1 Å². The number of amides is 2. The molecule has 1 saturated carbocycles. The summed E-state index contributed by atoms with van der Waals surface area (Å²) in [7, 11) is 3.45. The lowest BCUT2D eigenvalue weighted by molar-refractivity contribution is -0.140. The second kappa shape index (κ2) is 4.92. The predicted octanol–water partition coefficient (Wildman–Crippen LogP) is -0.412. The highest BCUT2D eigenvalue weighted by Gasteiger charge is 2.58. The summed E-state index contributed by atoms with van der Waals surface area (Å²) in [4.78, 5) is 30.2. The molecule has 2 N–H and O–H groups in total. The molecular formula is C14H20N4O2. The standard InChI is InChI=1S/C14H20N4O2/c1-15-14(16-2)17-5-6-18-12(19)10-8-3-4-9(7-8)11(10)13(18)20/h3-4,8-11H,5-7H2,1-2H3,(H2,15,16,17). The molecular weight excluding hydrogens is 256 g/mol. The molecule has 2 amide bonds. The first-order valence-corrected chi connectivity index (χ1v) is 7.09. The lowest BCUT2D eigenvalue weighted by Crippen LogP contribution is -2.42. The Morgan fingerprint density at radius 3 is 2.40 bits per heavy atom. The van der Waals surface area contributed by atoms with Gasteiger partial charge in [0.15, 0.2) is 5.96 Å². The Kier molecular flexibility index (Phi) is 3.23. The molecule has 3 rings (SSSR count). The van der Waals surface area contributed by atoms with Crippen LogP contribution in [-0.2, 0) is 9.59 Å². The molecule has 6 heteroatoms. The highest BCUT2D eigenvalue weighted by Crippen LogP contribution is 2.52. The SMILES string of the molecule is CN=C(NC)NCCN1C(=O)C2C3C=CC(C3)C2C1=O. The molecule has 108 valence electrons. The minimum absolute atomic E-state index is 0.0121. The van der Waals surface area contributed by atoms with Gasteiger partial charge in [0.2, 0.25) is 11.8 Å². The van der Waals surface area contributed by atoms with E-state index in [1.165, 1.54) is 4.90 Å². The molecule has 3 aliphatic rings. The molecule has 0 aromatic rings. The van der Waals surface area contributed by atoms with Crippen molar-refractivity contribution in [2.24, 2.45) is 28.7 Å². The summed E-state index contributed by atoms with van der Waals surface area (Å²) in [6.45, 7) is 0.929. The van der Waals surface area contributed by atoms with Crippen LogP contribution in [0.25, 0.3) is 0 Å². The fourth-order valence-corrected chi connectivity index (χ4v) is 3.75. The van der Waals surface area contributed by atoms with Crippen molar-refractivity contribution in [1.29, 1.82) is 0 Å². The van der Waals surface area contributed by atoms with Crippen molar-refractivity contribution in [2.75, 3.05) is 27.2 Å². The summed E-state index contributed by atoms with van der Waals surface area (Å²) in [6, 6.07) is 0. The summed E-state index contributed by atoms with van der Waals surface area (Å²) in [5.74, 6) is 1.05. The van der Waals surface area contributed by atoms with E-state index in [1.807, 2.05) is 0 Å². The third-order valence-corrected chi connectivity index (χ3v) is 4.65. The normalized spacial score (nSPS) is 34.9. The van der Waals surface area contributed by atoms with Crippen LogP contribution in [0, 0.1) is 23.7 Å². The molecule has 20 heavy (non-hydrogen) atoms. The summed E-state index contributed by atoms with van der Waals surface area (Å²) in [5.41, 5.74) is 0. The average molecular weight is 276 g/mol. The minimum atomic E-state index is -0.0962. The van der Waals surface area contributed by atoms with E-state index in [0.29, 0.717) is 19.0 Å². The molecule has 4 atom stereocenters. The zero-order valence-corrected chi connectivity index (χ0v) is 11.8. The second-order valence-corrected chi connectivity index (χ2v) is 5.58. The van der Waals surface area contributed by atoms with Crippen LogP contribution >= 0.6 is 0 Å². The van der Waals surface area contributed by atoms with Crippen LogP contribution in [-0.4, -0.2) is 49.9 Å². The number of carbonyl (C=O) groups excluding carboxylic acids is 2. The zero-order chi connectivity index (χ0) is 14.3. The Morgan fingerprint density at radius 2 is 1.90 bits per heavy atom. The third kappa shape index (κ3) is 1.82. The number of carbonyl (C=O) groups is 2. The van der Waals surface area contributed by atoms with Crippen LogP contribution in [0.5, 0.6) is 0 Å². The predicted molar refractivity (Wildman–Crippen MR) is 74.9 cm³/mol. The molecule has 0 aromatic heterocycles. The molecule has 1 heterocycles. The molecule has 2 aliphatic carbocycles. The molecule has 1 aliphatic heterocycles. The molecule has 1 saturated heterocycles. The van der Waals surface area contributed by atoms with E-state index in [-0.39, 0.29) is 35.5 Å². The van der Waals surface area contributed by atoms with Gasteiger partial charge in [-0.05, 0) is 18.3 Å². The highest BCUT2D eigenvalue weighted by atomic mass is 16.2. The number of guanidine groups is 1. The van der Waals surface area contributed by atoms with Crippen LogP contribution in [0.1, 0.15) is 6.42 Å². The number of allylic oxidation sites excluding steroid dienone is 2. The second-order valence-electron chi connectivity index (χ2n) is 5.58. The van der Waals surface area contributed by atoms with Crippen molar-refractivity contribution in [3.8, 4) is 0 Å². The van der Waals surface area contributed by atoms with Crippen molar-refractivity contribution in [1.82, 2.24) is 15.5 Å². The van der Waals surface area contributed by atoms with Gasteiger partial charge in [-0.2, -0.15) is 0 Å². The Bertz CT molecular complexity index is 469. The van der Waals surface area contributed by atoms with E-state index in [2.05, 4.69) is 27.8 Å². The lowest BCUT2D eigenvalue weighted by atomic mass is 9.85. The Balaban J connectivity index is 1.62. The third-order valence-electron chi connectivity index (χ3n) is 4.65. The van der Waals surface area contributed by atoms with E-state index >= 15 is 0 Å². The maximum atomic E-state index is 12.4. The number of rotatable bonds is 3. The first kappa shape index (κ1) is 13.1. The van der Waals surface area contributed by atoms with Crippen LogP contribution in [0.15, 0.2) is 17.1 Å². The Morgan fingerprint density at radius 1 is 1.30 bits per heavy atom. The fourth-order valence-electron chi connectivity index (χ4n) is 3.75. The highest BCUT2D eigenvalue weighted by molar-refractivity contribution is 6.06. The largest absolute Gasteiger partial charge is 0.359 e. The number of fused-ring (bicyclic) bond motifs is 5. The Labute approximate surface area is 118 Å². The van der Waals surface area contributed by atoms with E-state index in [9.17, 15) is 9.59 Å². The van der Waals surface area contributed by atoms with Gasteiger partial charge in [-0.15, -0.1) is 0 Å². The van der Waals surface area contributed by atoms with Crippen molar-refractivity contribution in [3.63, 3.8) is 0 Å². The van der Waals surface area contributed by atoms with Crippen LogP contribution < -0.4 is 10.6 Å². The van der Waals surface area contributed by atoms with Crippen molar-refractivity contribution in [2.45, 2.75) is 6.42 Å². The number of hydrogen-bond donors (Lipinski definition) is 2. The number of nitrogens with one attached hydrogen (secondary N) is 2. The van der Waals surface area contributed by atoms with E-state index < -0.39 is 0 Å². The molecule has 0 radical (unpaired) electrons. The summed E-state index contributed by atoms with van der Waals surface area (Å²) >= 11 is 0. The smallest absolute Gasteiger partial charge is 0.233 e. The van der Waals surface area contributed by atoms with Gasteiger partial charge in [0.05, 0.1) is 11.8 Å².